The van der Waals surface area contributed by atoms with E-state index in [4.69, 9.17) is 37.4 Å². The second kappa shape index (κ2) is 7.21. The predicted molar refractivity (Wildman–Crippen MR) is 86.7 cm³/mol. The summed E-state index contributed by atoms with van der Waals surface area (Å²) in [5, 5.41) is 1.10. The van der Waals surface area contributed by atoms with Gasteiger partial charge >= 0.3 is 5.97 Å². The van der Waals surface area contributed by atoms with E-state index in [1.54, 1.807) is 24.3 Å². The Morgan fingerprint density at radius 3 is 2.83 bits per heavy atom. The van der Waals surface area contributed by atoms with E-state index in [2.05, 4.69) is 0 Å². The molecule has 6 heteroatoms. The molecule has 0 saturated heterocycles. The number of carbonyl (C=O) groups excluding carboxylic acids is 1. The topological polar surface area (TPSA) is 44.8 Å². The van der Waals surface area contributed by atoms with Gasteiger partial charge in [-0.1, -0.05) is 41.4 Å². The molecule has 0 aromatic heterocycles. The van der Waals surface area contributed by atoms with Crippen LogP contribution >= 0.6 is 23.2 Å². The van der Waals surface area contributed by atoms with E-state index in [1.165, 1.54) is 0 Å². The normalized spacial score (nSPS) is 13.1. The SMILES string of the molecule is O=C(Cc1ccccc1Cl)OCc1cc(Cl)cc2c1OCOC2. The predicted octanol–water partition coefficient (Wildman–Crippen LogP) is 4.15. The molecular weight excluding hydrogens is 339 g/mol. The van der Waals surface area contributed by atoms with Crippen LogP contribution in [-0.2, 0) is 33.9 Å². The van der Waals surface area contributed by atoms with E-state index < -0.39 is 0 Å². The van der Waals surface area contributed by atoms with Gasteiger partial charge in [0, 0.05) is 21.2 Å². The molecule has 0 N–H and O–H groups in total. The fraction of sp³-hybridized carbons (Fsp3) is 0.235. The maximum absolute atomic E-state index is 12.0. The van der Waals surface area contributed by atoms with E-state index >= 15 is 0 Å². The van der Waals surface area contributed by atoms with Crippen molar-refractivity contribution in [1.29, 1.82) is 0 Å². The number of carbonyl (C=O) groups is 1. The molecule has 0 saturated carbocycles. The Morgan fingerprint density at radius 1 is 1.17 bits per heavy atom. The lowest BCUT2D eigenvalue weighted by atomic mass is 10.1. The molecule has 3 rings (SSSR count). The molecule has 0 radical (unpaired) electrons. The van der Waals surface area contributed by atoms with Gasteiger partial charge in [0.05, 0.1) is 13.0 Å². The third kappa shape index (κ3) is 3.96. The smallest absolute Gasteiger partial charge is 0.310 e. The second-order valence-corrected chi connectivity index (χ2v) is 5.94. The zero-order valence-electron chi connectivity index (χ0n) is 12.2. The van der Waals surface area contributed by atoms with E-state index in [0.29, 0.717) is 22.4 Å². The first-order valence-electron chi connectivity index (χ1n) is 7.04. The average Bonchev–Trinajstić information content (AvgIpc) is 2.54. The fourth-order valence-electron chi connectivity index (χ4n) is 2.37. The highest BCUT2D eigenvalue weighted by molar-refractivity contribution is 6.31. The lowest BCUT2D eigenvalue weighted by molar-refractivity contribution is -0.144. The van der Waals surface area contributed by atoms with Crippen LogP contribution in [-0.4, -0.2) is 12.8 Å². The first-order chi connectivity index (χ1) is 11.1. The second-order valence-electron chi connectivity index (χ2n) is 5.09. The minimum Gasteiger partial charge on any atom is -0.467 e. The molecule has 4 nitrogen and oxygen atoms in total. The summed E-state index contributed by atoms with van der Waals surface area (Å²) in [6.07, 6.45) is 0.117. The molecule has 1 aliphatic heterocycles. The molecule has 0 fully saturated rings. The number of hydrogen-bond acceptors (Lipinski definition) is 4. The minimum atomic E-state index is -0.362. The third-order valence-electron chi connectivity index (χ3n) is 3.43. The average molecular weight is 353 g/mol. The lowest BCUT2D eigenvalue weighted by Gasteiger charge is -2.21. The van der Waals surface area contributed by atoms with Gasteiger partial charge < -0.3 is 14.2 Å². The molecule has 0 bridgehead atoms. The number of ether oxygens (including phenoxy) is 3. The van der Waals surface area contributed by atoms with Crippen molar-refractivity contribution in [1.82, 2.24) is 0 Å². The standard InChI is InChI=1S/C17H14Cl2O4/c18-14-5-12-8-21-10-23-17(12)13(6-14)9-22-16(20)7-11-3-1-2-4-15(11)19/h1-6H,7-10H2. The van der Waals surface area contributed by atoms with Crippen molar-refractivity contribution in [2.75, 3.05) is 6.79 Å². The maximum atomic E-state index is 12.0. The van der Waals surface area contributed by atoms with Crippen LogP contribution in [0.5, 0.6) is 5.75 Å². The van der Waals surface area contributed by atoms with Crippen LogP contribution in [0.4, 0.5) is 0 Å². The van der Waals surface area contributed by atoms with Crippen molar-refractivity contribution in [3.8, 4) is 5.75 Å². The van der Waals surface area contributed by atoms with Crippen LogP contribution < -0.4 is 4.74 Å². The molecule has 0 aliphatic carbocycles. The first-order valence-corrected chi connectivity index (χ1v) is 7.80. The molecule has 2 aromatic carbocycles. The van der Waals surface area contributed by atoms with E-state index in [9.17, 15) is 4.79 Å². The van der Waals surface area contributed by atoms with Gasteiger partial charge in [-0.25, -0.2) is 0 Å². The third-order valence-corrected chi connectivity index (χ3v) is 4.02. The molecule has 0 spiro atoms. The van der Waals surface area contributed by atoms with Crippen LogP contribution in [0.1, 0.15) is 16.7 Å². The van der Waals surface area contributed by atoms with Crippen LogP contribution in [0, 0.1) is 0 Å². The van der Waals surface area contributed by atoms with Gasteiger partial charge in [0.1, 0.15) is 12.4 Å². The van der Waals surface area contributed by atoms with Crippen molar-refractivity contribution in [3.05, 3.63) is 63.1 Å². The fourth-order valence-corrected chi connectivity index (χ4v) is 2.84. The van der Waals surface area contributed by atoms with Crippen molar-refractivity contribution >= 4 is 29.2 Å². The van der Waals surface area contributed by atoms with Gasteiger partial charge in [0.25, 0.3) is 0 Å². The number of fused-ring (bicyclic) bond motifs is 1. The summed E-state index contributed by atoms with van der Waals surface area (Å²) in [7, 11) is 0. The monoisotopic (exact) mass is 352 g/mol. The molecule has 0 amide bonds. The first kappa shape index (κ1) is 16.1. The summed E-state index contributed by atoms with van der Waals surface area (Å²) in [4.78, 5) is 12.0. The highest BCUT2D eigenvalue weighted by Gasteiger charge is 2.18. The molecule has 2 aromatic rings. The van der Waals surface area contributed by atoms with E-state index in [0.717, 1.165) is 16.7 Å². The Hall–Kier alpha value is -1.75. The Balaban J connectivity index is 1.68. The molecular formula is C17H14Cl2O4. The Kier molecular flexibility index (Phi) is 5.06. The van der Waals surface area contributed by atoms with Crippen LogP contribution in [0.15, 0.2) is 36.4 Å². The summed E-state index contributed by atoms with van der Waals surface area (Å²) in [5.41, 5.74) is 2.31. The Labute approximate surface area is 143 Å². The van der Waals surface area contributed by atoms with Crippen molar-refractivity contribution in [3.63, 3.8) is 0 Å². The summed E-state index contributed by atoms with van der Waals surface area (Å²) in [6.45, 7) is 0.692. The number of rotatable bonds is 4. The van der Waals surface area contributed by atoms with Gasteiger partial charge in [-0.3, -0.25) is 4.79 Å². The summed E-state index contributed by atoms with van der Waals surface area (Å²) < 4.78 is 16.0. The Bertz CT molecular complexity index is 731. The van der Waals surface area contributed by atoms with Crippen LogP contribution in [0.3, 0.4) is 0 Å². The maximum Gasteiger partial charge on any atom is 0.310 e. The number of halogens is 2. The highest BCUT2D eigenvalue weighted by atomic mass is 35.5. The van der Waals surface area contributed by atoms with Gasteiger partial charge in [0.15, 0.2) is 6.79 Å². The molecule has 0 unspecified atom stereocenters. The molecule has 1 heterocycles. The lowest BCUT2D eigenvalue weighted by Crippen LogP contribution is -2.15. The molecule has 0 atom stereocenters. The molecule has 120 valence electrons. The quantitative estimate of drug-likeness (QED) is 0.775. The highest BCUT2D eigenvalue weighted by Crippen LogP contribution is 2.32. The largest absolute Gasteiger partial charge is 0.467 e. The molecule has 1 aliphatic rings. The van der Waals surface area contributed by atoms with Crippen LogP contribution in [0.25, 0.3) is 0 Å². The van der Waals surface area contributed by atoms with Crippen molar-refractivity contribution < 1.29 is 19.0 Å². The minimum absolute atomic E-state index is 0.0895. The number of benzene rings is 2. The van der Waals surface area contributed by atoms with Gasteiger partial charge in [-0.15, -0.1) is 0 Å². The van der Waals surface area contributed by atoms with E-state index in [-0.39, 0.29) is 25.8 Å². The summed E-state index contributed by atoms with van der Waals surface area (Å²) >= 11 is 12.1. The number of hydrogen-bond donors (Lipinski definition) is 0. The summed E-state index contributed by atoms with van der Waals surface area (Å²) in [6, 6.07) is 10.7. The Morgan fingerprint density at radius 2 is 2.00 bits per heavy atom. The zero-order valence-corrected chi connectivity index (χ0v) is 13.7. The summed E-state index contributed by atoms with van der Waals surface area (Å²) in [5.74, 6) is 0.310. The van der Waals surface area contributed by atoms with Crippen molar-refractivity contribution in [2.24, 2.45) is 0 Å². The van der Waals surface area contributed by atoms with E-state index in [1.807, 2.05) is 12.1 Å². The zero-order chi connectivity index (χ0) is 16.2. The van der Waals surface area contributed by atoms with Gasteiger partial charge in [-0.2, -0.15) is 0 Å². The van der Waals surface area contributed by atoms with Gasteiger partial charge in [-0.05, 0) is 23.8 Å². The van der Waals surface area contributed by atoms with Gasteiger partial charge in [0.2, 0.25) is 0 Å². The van der Waals surface area contributed by atoms with Crippen molar-refractivity contribution in [2.45, 2.75) is 19.6 Å². The number of esters is 1. The molecule has 23 heavy (non-hydrogen) atoms. The van der Waals surface area contributed by atoms with Crippen LogP contribution in [0.2, 0.25) is 10.0 Å².